The average molecular weight is 672 g/mol. The van der Waals surface area contributed by atoms with Gasteiger partial charge in [0, 0.05) is 17.1 Å². The molecule has 6 aromatic carbocycles. The molecule has 0 saturated heterocycles. The smallest absolute Gasteiger partial charge is 0.139 e. The van der Waals surface area contributed by atoms with Crippen molar-refractivity contribution in [3.05, 3.63) is 150 Å². The molecule has 51 heavy (non-hydrogen) atoms. The van der Waals surface area contributed by atoms with E-state index in [9.17, 15) is 5.11 Å². The molecule has 0 amide bonds. The zero-order chi connectivity index (χ0) is 36.1. The molecule has 0 fully saturated rings. The summed E-state index contributed by atoms with van der Waals surface area (Å²) in [5.74, 6) is 0.261. The number of anilines is 6. The lowest BCUT2D eigenvalue weighted by Gasteiger charge is -2.27. The third-order valence-corrected chi connectivity index (χ3v) is 10.1. The van der Waals surface area contributed by atoms with E-state index in [1.165, 1.54) is 22.3 Å². The van der Waals surface area contributed by atoms with Gasteiger partial charge in [-0.3, -0.25) is 0 Å². The number of phenolic OH excluding ortho intramolecular Hbond substituents is 1. The van der Waals surface area contributed by atoms with Crippen molar-refractivity contribution in [3.8, 4) is 28.0 Å². The van der Waals surface area contributed by atoms with Crippen molar-refractivity contribution in [2.24, 2.45) is 0 Å². The molecule has 4 nitrogen and oxygen atoms in total. The van der Waals surface area contributed by atoms with Crippen LogP contribution < -0.4 is 15.1 Å². The Bertz CT molecular complexity index is 2110. The minimum atomic E-state index is 0.0509. The van der Waals surface area contributed by atoms with E-state index in [1.54, 1.807) is 0 Å². The molecule has 0 radical (unpaired) electrons. The number of rotatable bonds is 6. The average Bonchev–Trinajstić information content (AvgIpc) is 3.51. The van der Waals surface area contributed by atoms with Crippen molar-refractivity contribution in [2.75, 3.05) is 21.8 Å². The first kappa shape index (κ1) is 34.0. The van der Waals surface area contributed by atoms with E-state index in [-0.39, 0.29) is 16.6 Å². The van der Waals surface area contributed by atoms with Crippen molar-refractivity contribution in [1.82, 2.24) is 0 Å². The number of aryl methyl sites for hydroxylation is 2. The fraction of sp³-hybridized carbons (Fsp3) is 0.234. The highest BCUT2D eigenvalue weighted by Gasteiger charge is 2.25. The molecule has 4 heteroatoms. The Labute approximate surface area is 304 Å². The Hall–Kier alpha value is -5.48. The lowest BCUT2D eigenvalue weighted by Crippen LogP contribution is -2.16. The van der Waals surface area contributed by atoms with E-state index < -0.39 is 0 Å². The van der Waals surface area contributed by atoms with Gasteiger partial charge in [-0.05, 0) is 130 Å². The zero-order valence-electron chi connectivity index (χ0n) is 31.2. The summed E-state index contributed by atoms with van der Waals surface area (Å²) in [5, 5.41) is 15.1. The molecule has 0 aliphatic carbocycles. The second-order valence-corrected chi connectivity index (χ2v) is 16.0. The summed E-state index contributed by atoms with van der Waals surface area (Å²) in [6, 6.07) is 45.2. The van der Waals surface area contributed by atoms with Gasteiger partial charge < -0.3 is 20.2 Å². The molecule has 2 N–H and O–H groups in total. The van der Waals surface area contributed by atoms with E-state index in [0.717, 1.165) is 56.4 Å². The lowest BCUT2D eigenvalue weighted by molar-refractivity contribution is 0.476. The number of benzene rings is 6. The molecule has 1 heterocycles. The normalized spacial score (nSPS) is 12.8. The van der Waals surface area contributed by atoms with Crippen molar-refractivity contribution in [2.45, 2.75) is 66.2 Å². The summed E-state index contributed by atoms with van der Waals surface area (Å²) < 4.78 is 0. The number of phenols is 1. The van der Waals surface area contributed by atoms with Gasteiger partial charge in [-0.1, -0.05) is 108 Å². The molecule has 258 valence electrons. The van der Waals surface area contributed by atoms with Gasteiger partial charge in [0.2, 0.25) is 0 Å². The highest BCUT2D eigenvalue weighted by molar-refractivity contribution is 5.88. The highest BCUT2D eigenvalue weighted by atomic mass is 16.3. The van der Waals surface area contributed by atoms with Crippen molar-refractivity contribution >= 4 is 34.1 Å². The van der Waals surface area contributed by atoms with Crippen molar-refractivity contribution in [1.29, 1.82) is 0 Å². The summed E-state index contributed by atoms with van der Waals surface area (Å²) in [6.45, 7) is 18.6. The first-order chi connectivity index (χ1) is 24.3. The van der Waals surface area contributed by atoms with Gasteiger partial charge >= 0.3 is 0 Å². The largest absolute Gasteiger partial charge is 0.506 e. The minimum absolute atomic E-state index is 0.0509. The van der Waals surface area contributed by atoms with Crippen LogP contribution >= 0.6 is 0 Å². The van der Waals surface area contributed by atoms with Crippen LogP contribution in [0.3, 0.4) is 0 Å². The summed E-state index contributed by atoms with van der Waals surface area (Å²) in [5.41, 5.74) is 15.9. The van der Waals surface area contributed by atoms with Crippen LogP contribution in [0, 0.1) is 13.8 Å². The van der Waals surface area contributed by atoms with E-state index >= 15 is 0 Å². The Morgan fingerprint density at radius 3 is 1.61 bits per heavy atom. The number of para-hydroxylation sites is 2. The predicted molar refractivity (Wildman–Crippen MR) is 218 cm³/mol. The van der Waals surface area contributed by atoms with Crippen LogP contribution in [0.15, 0.2) is 127 Å². The van der Waals surface area contributed by atoms with Gasteiger partial charge in [0.15, 0.2) is 0 Å². The number of nitrogens with one attached hydrogen (secondary N) is 1. The molecule has 1 aliphatic rings. The van der Waals surface area contributed by atoms with Gasteiger partial charge in [0.1, 0.15) is 5.75 Å². The van der Waals surface area contributed by atoms with Gasteiger partial charge in [-0.15, -0.1) is 0 Å². The maximum Gasteiger partial charge on any atom is 0.139 e. The van der Waals surface area contributed by atoms with Gasteiger partial charge in [0.25, 0.3) is 0 Å². The molecule has 1 aliphatic heterocycles. The first-order valence-corrected chi connectivity index (χ1v) is 17.9. The summed E-state index contributed by atoms with van der Waals surface area (Å²) >= 11 is 0. The molecule has 0 unspecified atom stereocenters. The van der Waals surface area contributed by atoms with Gasteiger partial charge in [-0.2, -0.15) is 0 Å². The van der Waals surface area contributed by atoms with E-state index in [4.69, 9.17) is 0 Å². The van der Waals surface area contributed by atoms with Crippen LogP contribution in [0.4, 0.5) is 34.1 Å². The quantitative estimate of drug-likeness (QED) is 0.185. The maximum absolute atomic E-state index is 11.5. The van der Waals surface area contributed by atoms with Crippen LogP contribution in [-0.2, 0) is 10.8 Å². The van der Waals surface area contributed by atoms with E-state index in [2.05, 4.69) is 174 Å². The zero-order valence-corrected chi connectivity index (χ0v) is 31.2. The Morgan fingerprint density at radius 2 is 1.08 bits per heavy atom. The van der Waals surface area contributed by atoms with Gasteiger partial charge in [-0.25, -0.2) is 0 Å². The van der Waals surface area contributed by atoms with Crippen LogP contribution in [0.5, 0.6) is 5.75 Å². The standard InChI is InChI=1S/C47H49N3O/c1-31-23-40(50(38-15-11-9-12-16-38)39-17-13-10-14-18-39)24-32(2)45(31)34-20-22-43(44(51)28-34)49-30-48-41-27-33(19-21-42(41)49)35-25-36(46(3,4)5)29-37(26-35)47(6,7)8/h9-29,48,51H,30H2,1-8H3. The number of fused-ring (bicyclic) bond motifs is 1. The Morgan fingerprint density at radius 1 is 0.549 bits per heavy atom. The molecular weight excluding hydrogens is 623 g/mol. The number of nitrogens with zero attached hydrogens (tertiary/aromatic N) is 2. The van der Waals surface area contributed by atoms with Crippen LogP contribution in [0.25, 0.3) is 22.3 Å². The third kappa shape index (κ3) is 6.71. The molecule has 0 bridgehead atoms. The lowest BCUT2D eigenvalue weighted by atomic mass is 9.79. The predicted octanol–water partition coefficient (Wildman–Crippen LogP) is 12.9. The summed E-state index contributed by atoms with van der Waals surface area (Å²) in [6.07, 6.45) is 0. The van der Waals surface area contributed by atoms with E-state index in [1.807, 2.05) is 24.3 Å². The Kier molecular flexibility index (Phi) is 8.67. The molecular formula is C47H49N3O. The van der Waals surface area contributed by atoms with E-state index in [0.29, 0.717) is 6.67 Å². The fourth-order valence-corrected chi connectivity index (χ4v) is 7.25. The first-order valence-electron chi connectivity index (χ1n) is 17.9. The maximum atomic E-state index is 11.5. The van der Waals surface area contributed by atoms with Gasteiger partial charge in [0.05, 0.1) is 23.7 Å². The topological polar surface area (TPSA) is 38.7 Å². The second-order valence-electron chi connectivity index (χ2n) is 16.0. The van der Waals surface area contributed by atoms with Crippen molar-refractivity contribution < 1.29 is 5.11 Å². The second kappa shape index (κ2) is 13.0. The highest BCUT2D eigenvalue weighted by Crippen LogP contribution is 2.45. The molecule has 0 aromatic heterocycles. The van der Waals surface area contributed by atoms with Crippen LogP contribution in [0.1, 0.15) is 63.8 Å². The molecule has 6 aromatic rings. The van der Waals surface area contributed by atoms with Crippen LogP contribution in [0.2, 0.25) is 0 Å². The number of aromatic hydroxyl groups is 1. The molecule has 0 atom stereocenters. The molecule has 7 rings (SSSR count). The SMILES string of the molecule is Cc1cc(N(c2ccccc2)c2ccccc2)cc(C)c1-c1ccc(N2CNc3cc(-c4cc(C(C)(C)C)cc(C(C)(C)C)c4)ccc32)c(O)c1. The number of hydrogen-bond acceptors (Lipinski definition) is 4. The van der Waals surface area contributed by atoms with Crippen LogP contribution in [-0.4, -0.2) is 11.8 Å². The van der Waals surface area contributed by atoms with Crippen molar-refractivity contribution in [3.63, 3.8) is 0 Å². The molecule has 0 saturated carbocycles. The summed E-state index contributed by atoms with van der Waals surface area (Å²) in [7, 11) is 0. The third-order valence-electron chi connectivity index (χ3n) is 10.1. The summed E-state index contributed by atoms with van der Waals surface area (Å²) in [4.78, 5) is 4.45. The minimum Gasteiger partial charge on any atom is -0.506 e. The molecule has 0 spiro atoms. The number of hydrogen-bond donors (Lipinski definition) is 2. The Balaban J connectivity index is 1.19. The monoisotopic (exact) mass is 671 g/mol. The fourth-order valence-electron chi connectivity index (χ4n) is 7.25.